The van der Waals surface area contributed by atoms with Crippen LogP contribution in [0.4, 0.5) is 5.82 Å². The highest BCUT2D eigenvalue weighted by molar-refractivity contribution is 7.13. The van der Waals surface area contributed by atoms with Gasteiger partial charge in [0.2, 0.25) is 0 Å². The van der Waals surface area contributed by atoms with Crippen LogP contribution >= 0.6 is 34.5 Å². The van der Waals surface area contributed by atoms with Gasteiger partial charge in [-0.05, 0) is 48.6 Å². The Morgan fingerprint density at radius 1 is 1.27 bits per heavy atom. The predicted molar refractivity (Wildman–Crippen MR) is 93.8 cm³/mol. The Labute approximate surface area is 142 Å². The van der Waals surface area contributed by atoms with Gasteiger partial charge in [0.05, 0.1) is 15.6 Å². The molecule has 0 radical (unpaired) electrons. The number of benzene rings is 1. The number of thiophene rings is 1. The summed E-state index contributed by atoms with van der Waals surface area (Å²) in [6.45, 7) is 3.02. The van der Waals surface area contributed by atoms with Crippen LogP contribution < -0.4 is 5.32 Å². The van der Waals surface area contributed by atoms with E-state index >= 15 is 0 Å². The molecule has 1 N–H and O–H groups in total. The normalized spacial score (nSPS) is 13.2. The molecule has 1 aliphatic heterocycles. The van der Waals surface area contributed by atoms with Gasteiger partial charge in [-0.25, -0.2) is 4.68 Å². The van der Waals surface area contributed by atoms with Gasteiger partial charge in [-0.2, -0.15) is 5.10 Å². The highest BCUT2D eigenvalue weighted by Gasteiger charge is 2.25. The minimum Gasteiger partial charge on any atom is -0.369 e. The van der Waals surface area contributed by atoms with Gasteiger partial charge in [0.1, 0.15) is 11.5 Å². The van der Waals surface area contributed by atoms with E-state index in [0.717, 1.165) is 30.2 Å². The van der Waals surface area contributed by atoms with Crippen molar-refractivity contribution < 1.29 is 0 Å². The van der Waals surface area contributed by atoms with E-state index in [0.29, 0.717) is 10.0 Å². The minimum absolute atomic E-state index is 0.636. The molecule has 0 amide bonds. The zero-order chi connectivity index (χ0) is 15.3. The quantitative estimate of drug-likeness (QED) is 0.690. The molecule has 6 heteroatoms. The Morgan fingerprint density at radius 2 is 2.14 bits per heavy atom. The maximum atomic E-state index is 6.35. The van der Waals surface area contributed by atoms with E-state index < -0.39 is 0 Å². The van der Waals surface area contributed by atoms with Crippen LogP contribution in [0.5, 0.6) is 0 Å². The van der Waals surface area contributed by atoms with Gasteiger partial charge < -0.3 is 5.32 Å². The maximum absolute atomic E-state index is 6.35. The zero-order valence-electron chi connectivity index (χ0n) is 11.9. The van der Waals surface area contributed by atoms with Crippen LogP contribution in [0.3, 0.4) is 0 Å². The number of hydrogen-bond donors (Lipinski definition) is 1. The highest BCUT2D eigenvalue weighted by atomic mass is 35.5. The standard InChI is InChI=1S/C16H13Cl2N3S/c1-9-6-14(22-8-9)15-11-4-5-19-16(11)21(20-15)13-7-10(17)2-3-12(13)18/h2-3,6-8,19H,4-5H2,1H3. The number of aromatic nitrogens is 2. The number of anilines is 1. The number of aryl methyl sites for hydroxylation is 1. The summed E-state index contributed by atoms with van der Waals surface area (Å²) >= 11 is 14.2. The van der Waals surface area contributed by atoms with E-state index in [4.69, 9.17) is 28.3 Å². The van der Waals surface area contributed by atoms with E-state index in [9.17, 15) is 0 Å². The van der Waals surface area contributed by atoms with E-state index in [2.05, 4.69) is 23.7 Å². The second kappa shape index (κ2) is 5.30. The Bertz CT molecular complexity index is 866. The predicted octanol–water partition coefficient (Wildman–Crippen LogP) is 5.18. The Hall–Kier alpha value is -1.49. The lowest BCUT2D eigenvalue weighted by atomic mass is 10.1. The number of halogens is 2. The molecule has 112 valence electrons. The first kappa shape index (κ1) is 14.1. The Balaban J connectivity index is 1.93. The van der Waals surface area contributed by atoms with Crippen LogP contribution in [0.1, 0.15) is 11.1 Å². The largest absolute Gasteiger partial charge is 0.369 e. The van der Waals surface area contributed by atoms with E-state index in [1.807, 2.05) is 10.7 Å². The second-order valence-electron chi connectivity index (χ2n) is 5.35. The molecule has 22 heavy (non-hydrogen) atoms. The lowest BCUT2D eigenvalue weighted by molar-refractivity contribution is 0.883. The topological polar surface area (TPSA) is 29.9 Å². The number of rotatable bonds is 2. The Kier molecular flexibility index (Phi) is 3.40. The fraction of sp³-hybridized carbons (Fsp3) is 0.188. The molecule has 0 atom stereocenters. The molecular weight excluding hydrogens is 337 g/mol. The lowest BCUT2D eigenvalue weighted by Crippen LogP contribution is -2.04. The van der Waals surface area contributed by atoms with Gasteiger partial charge >= 0.3 is 0 Å². The molecule has 0 saturated carbocycles. The summed E-state index contributed by atoms with van der Waals surface area (Å²) in [5.74, 6) is 1.02. The molecule has 0 unspecified atom stereocenters. The molecular formula is C16H13Cl2N3S. The average Bonchev–Trinajstić information content (AvgIpc) is 3.17. The van der Waals surface area contributed by atoms with Crippen molar-refractivity contribution >= 4 is 40.4 Å². The van der Waals surface area contributed by atoms with Crippen LogP contribution in [0.2, 0.25) is 10.0 Å². The first-order chi connectivity index (χ1) is 10.6. The van der Waals surface area contributed by atoms with Gasteiger partial charge in [-0.15, -0.1) is 11.3 Å². The molecule has 3 nitrogen and oxygen atoms in total. The molecule has 0 spiro atoms. The molecule has 0 bridgehead atoms. The SMILES string of the molecule is Cc1csc(-c2nn(-c3cc(Cl)ccc3Cl)c3c2CCN3)c1. The van der Waals surface area contributed by atoms with Crippen molar-refractivity contribution in [1.82, 2.24) is 9.78 Å². The van der Waals surface area contributed by atoms with Crippen LogP contribution in [-0.2, 0) is 6.42 Å². The third-order valence-corrected chi connectivity index (χ3v) is 5.36. The van der Waals surface area contributed by atoms with Crippen molar-refractivity contribution in [3.05, 3.63) is 50.8 Å². The number of fused-ring (bicyclic) bond motifs is 1. The smallest absolute Gasteiger partial charge is 0.133 e. The van der Waals surface area contributed by atoms with Crippen molar-refractivity contribution in [2.24, 2.45) is 0 Å². The summed E-state index contributed by atoms with van der Waals surface area (Å²) in [6.07, 6.45) is 0.972. The third-order valence-electron chi connectivity index (χ3n) is 3.75. The van der Waals surface area contributed by atoms with Gasteiger partial charge in [0.15, 0.2) is 0 Å². The van der Waals surface area contributed by atoms with Crippen molar-refractivity contribution in [3.8, 4) is 16.3 Å². The second-order valence-corrected chi connectivity index (χ2v) is 7.10. The number of nitrogens with zero attached hydrogens (tertiary/aromatic N) is 2. The highest BCUT2D eigenvalue weighted by Crippen LogP contribution is 2.38. The summed E-state index contributed by atoms with van der Waals surface area (Å²) in [6, 6.07) is 7.61. The third kappa shape index (κ3) is 2.22. The summed E-state index contributed by atoms with van der Waals surface area (Å²) in [7, 11) is 0. The van der Waals surface area contributed by atoms with Crippen molar-refractivity contribution in [1.29, 1.82) is 0 Å². The van der Waals surface area contributed by atoms with Crippen molar-refractivity contribution in [2.75, 3.05) is 11.9 Å². The summed E-state index contributed by atoms with van der Waals surface area (Å²) < 4.78 is 1.88. The summed E-state index contributed by atoms with van der Waals surface area (Å²) in [4.78, 5) is 1.19. The molecule has 2 aromatic heterocycles. The molecule has 1 aliphatic rings. The molecule has 0 fully saturated rings. The first-order valence-corrected chi connectivity index (χ1v) is 8.64. The van der Waals surface area contributed by atoms with Gasteiger partial charge in [0.25, 0.3) is 0 Å². The molecule has 0 aliphatic carbocycles. The maximum Gasteiger partial charge on any atom is 0.133 e. The van der Waals surface area contributed by atoms with Gasteiger partial charge in [0, 0.05) is 17.1 Å². The fourth-order valence-electron chi connectivity index (χ4n) is 2.75. The van der Waals surface area contributed by atoms with Gasteiger partial charge in [-0.3, -0.25) is 0 Å². The summed E-state index contributed by atoms with van der Waals surface area (Å²) in [5, 5.41) is 11.7. The molecule has 0 saturated heterocycles. The zero-order valence-corrected chi connectivity index (χ0v) is 14.2. The van der Waals surface area contributed by atoms with E-state index in [-0.39, 0.29) is 0 Å². The number of hydrogen-bond acceptors (Lipinski definition) is 3. The van der Waals surface area contributed by atoms with Crippen LogP contribution in [-0.4, -0.2) is 16.3 Å². The number of nitrogens with one attached hydrogen (secondary N) is 1. The molecule has 3 aromatic rings. The summed E-state index contributed by atoms with van der Waals surface area (Å²) in [5.41, 5.74) is 4.35. The first-order valence-electron chi connectivity index (χ1n) is 7.00. The van der Waals surface area contributed by atoms with E-state index in [1.54, 1.807) is 23.5 Å². The lowest BCUT2D eigenvalue weighted by Gasteiger charge is -2.08. The molecule has 1 aromatic carbocycles. The van der Waals surface area contributed by atoms with Crippen LogP contribution in [0.25, 0.3) is 16.3 Å². The average molecular weight is 350 g/mol. The molecule has 4 rings (SSSR count). The molecule has 3 heterocycles. The van der Waals surface area contributed by atoms with E-state index in [1.165, 1.54) is 16.0 Å². The van der Waals surface area contributed by atoms with Crippen LogP contribution in [0, 0.1) is 6.92 Å². The van der Waals surface area contributed by atoms with Gasteiger partial charge in [-0.1, -0.05) is 23.2 Å². The van der Waals surface area contributed by atoms with Crippen molar-refractivity contribution in [2.45, 2.75) is 13.3 Å². The van der Waals surface area contributed by atoms with Crippen molar-refractivity contribution in [3.63, 3.8) is 0 Å². The monoisotopic (exact) mass is 349 g/mol. The Morgan fingerprint density at radius 3 is 2.91 bits per heavy atom. The fourth-order valence-corrected chi connectivity index (χ4v) is 4.02. The minimum atomic E-state index is 0.636. The van der Waals surface area contributed by atoms with Crippen LogP contribution in [0.15, 0.2) is 29.6 Å².